The maximum atomic E-state index is 6.18. The van der Waals surface area contributed by atoms with Crippen LogP contribution in [0.4, 0.5) is 5.95 Å². The van der Waals surface area contributed by atoms with Gasteiger partial charge in [0.25, 0.3) is 0 Å². The number of anilines is 1. The van der Waals surface area contributed by atoms with Gasteiger partial charge in [0.1, 0.15) is 0 Å². The van der Waals surface area contributed by atoms with Crippen molar-refractivity contribution in [2.75, 3.05) is 25.0 Å². The second kappa shape index (κ2) is 6.22. The fourth-order valence-electron chi connectivity index (χ4n) is 3.59. The van der Waals surface area contributed by atoms with Gasteiger partial charge < -0.3 is 10.1 Å². The smallest absolute Gasteiger partial charge is 0.222 e. The number of pyridine rings is 1. The van der Waals surface area contributed by atoms with Crippen LogP contribution in [0, 0.1) is 0 Å². The van der Waals surface area contributed by atoms with E-state index < -0.39 is 0 Å². The highest BCUT2D eigenvalue weighted by atomic mass is 16.5. The molecule has 4 heterocycles. The summed E-state index contributed by atoms with van der Waals surface area (Å²) in [5.41, 5.74) is 1.29. The number of hydrogen-bond acceptors (Lipinski definition) is 6. The zero-order chi connectivity index (χ0) is 15.5. The van der Waals surface area contributed by atoms with Gasteiger partial charge in [0, 0.05) is 50.8 Å². The molecule has 2 aromatic rings. The topological polar surface area (TPSA) is 63.2 Å². The normalized spacial score (nSPS) is 27.6. The minimum Gasteiger partial charge on any atom is -0.371 e. The Morgan fingerprint density at radius 3 is 2.87 bits per heavy atom. The van der Waals surface area contributed by atoms with Gasteiger partial charge >= 0.3 is 0 Å². The quantitative estimate of drug-likeness (QED) is 0.927. The van der Waals surface area contributed by atoms with E-state index in [0.29, 0.717) is 12.0 Å². The molecule has 1 spiro atoms. The van der Waals surface area contributed by atoms with Crippen LogP contribution >= 0.6 is 0 Å². The summed E-state index contributed by atoms with van der Waals surface area (Å²) in [6.07, 6.45) is 9.32. The number of rotatable bonds is 4. The SMILES string of the molecule is c1cnc(N[C@@H]2CO[C@]3(CCN(Cc4ccncc4)C3)C2)nc1. The lowest BCUT2D eigenvalue weighted by Gasteiger charge is -2.23. The molecule has 0 radical (unpaired) electrons. The van der Waals surface area contributed by atoms with Gasteiger partial charge in [0.2, 0.25) is 5.95 Å². The number of aromatic nitrogens is 3. The van der Waals surface area contributed by atoms with Crippen molar-refractivity contribution in [2.45, 2.75) is 31.0 Å². The standard InChI is InChI=1S/C17H21N5O/c1-5-19-16(20-6-1)21-15-10-17(23-12-15)4-9-22(13-17)11-14-2-7-18-8-3-14/h1-3,5-8,15H,4,9-13H2,(H,19,20,21)/t15-,17+/m0/s1. The van der Waals surface area contributed by atoms with Crippen molar-refractivity contribution < 1.29 is 4.74 Å². The first-order chi connectivity index (χ1) is 11.3. The fourth-order valence-corrected chi connectivity index (χ4v) is 3.59. The summed E-state index contributed by atoms with van der Waals surface area (Å²) < 4.78 is 6.18. The van der Waals surface area contributed by atoms with Gasteiger partial charge in [-0.25, -0.2) is 9.97 Å². The Labute approximate surface area is 135 Å². The van der Waals surface area contributed by atoms with Crippen molar-refractivity contribution in [2.24, 2.45) is 0 Å². The Kier molecular flexibility index (Phi) is 3.93. The van der Waals surface area contributed by atoms with E-state index in [1.54, 1.807) is 12.4 Å². The first-order valence-corrected chi connectivity index (χ1v) is 8.10. The molecule has 2 atom stereocenters. The van der Waals surface area contributed by atoms with Crippen LogP contribution in [-0.2, 0) is 11.3 Å². The molecular weight excluding hydrogens is 290 g/mol. The van der Waals surface area contributed by atoms with Gasteiger partial charge in [0.15, 0.2) is 0 Å². The van der Waals surface area contributed by atoms with Crippen molar-refractivity contribution in [3.05, 3.63) is 48.5 Å². The van der Waals surface area contributed by atoms with E-state index in [4.69, 9.17) is 4.74 Å². The van der Waals surface area contributed by atoms with Gasteiger partial charge in [-0.2, -0.15) is 0 Å². The van der Waals surface area contributed by atoms with Gasteiger partial charge in [0.05, 0.1) is 18.2 Å². The van der Waals surface area contributed by atoms with Crippen molar-refractivity contribution in [1.29, 1.82) is 0 Å². The van der Waals surface area contributed by atoms with Crippen molar-refractivity contribution in [3.8, 4) is 0 Å². The Hall–Kier alpha value is -2.05. The third kappa shape index (κ3) is 3.33. The molecule has 23 heavy (non-hydrogen) atoms. The van der Waals surface area contributed by atoms with E-state index in [-0.39, 0.29) is 5.60 Å². The van der Waals surface area contributed by atoms with Crippen molar-refractivity contribution >= 4 is 5.95 Å². The largest absolute Gasteiger partial charge is 0.371 e. The number of nitrogens with zero attached hydrogens (tertiary/aromatic N) is 4. The minimum atomic E-state index is -0.0144. The van der Waals surface area contributed by atoms with E-state index in [0.717, 1.165) is 39.1 Å². The fraction of sp³-hybridized carbons (Fsp3) is 0.471. The zero-order valence-corrected chi connectivity index (χ0v) is 13.1. The lowest BCUT2D eigenvalue weighted by atomic mass is 9.97. The summed E-state index contributed by atoms with van der Waals surface area (Å²) in [6.45, 7) is 3.76. The third-order valence-corrected chi connectivity index (χ3v) is 4.66. The van der Waals surface area contributed by atoms with Crippen LogP contribution in [0.2, 0.25) is 0 Å². The molecule has 2 aliphatic rings. The highest BCUT2D eigenvalue weighted by Gasteiger charge is 2.45. The van der Waals surface area contributed by atoms with Gasteiger partial charge in [-0.3, -0.25) is 9.88 Å². The summed E-state index contributed by atoms with van der Waals surface area (Å²) in [5.74, 6) is 0.685. The van der Waals surface area contributed by atoms with Gasteiger partial charge in [-0.1, -0.05) is 0 Å². The van der Waals surface area contributed by atoms with Gasteiger partial charge in [-0.15, -0.1) is 0 Å². The average molecular weight is 311 g/mol. The van der Waals surface area contributed by atoms with Gasteiger partial charge in [-0.05, 0) is 30.2 Å². The van der Waals surface area contributed by atoms with Crippen molar-refractivity contribution in [1.82, 2.24) is 19.9 Å². The van der Waals surface area contributed by atoms with Crippen LogP contribution in [0.3, 0.4) is 0 Å². The van der Waals surface area contributed by atoms with E-state index >= 15 is 0 Å². The molecule has 6 heteroatoms. The summed E-state index contributed by atoms with van der Waals surface area (Å²) in [5, 5.41) is 3.38. The highest BCUT2D eigenvalue weighted by Crippen LogP contribution is 2.36. The summed E-state index contributed by atoms with van der Waals surface area (Å²) in [6, 6.07) is 6.28. The van der Waals surface area contributed by atoms with Crippen LogP contribution in [0.5, 0.6) is 0 Å². The summed E-state index contributed by atoms with van der Waals surface area (Å²) >= 11 is 0. The number of hydrogen-bond donors (Lipinski definition) is 1. The van der Waals surface area contributed by atoms with E-state index in [1.165, 1.54) is 5.56 Å². The molecule has 6 nitrogen and oxygen atoms in total. The van der Waals surface area contributed by atoms with Crippen LogP contribution in [0.25, 0.3) is 0 Å². The predicted molar refractivity (Wildman–Crippen MR) is 86.9 cm³/mol. The van der Waals surface area contributed by atoms with Crippen LogP contribution < -0.4 is 5.32 Å². The van der Waals surface area contributed by atoms with Crippen LogP contribution in [0.15, 0.2) is 43.0 Å². The van der Waals surface area contributed by atoms with Crippen molar-refractivity contribution in [3.63, 3.8) is 0 Å². The molecule has 4 rings (SSSR count). The lowest BCUT2D eigenvalue weighted by molar-refractivity contribution is 0.0120. The molecule has 0 aliphatic carbocycles. The second-order valence-electron chi connectivity index (χ2n) is 6.43. The predicted octanol–water partition coefficient (Wildman–Crippen LogP) is 1.72. The molecule has 2 aliphatic heterocycles. The average Bonchev–Trinajstić information content (AvgIpc) is 3.16. The molecule has 120 valence electrons. The Morgan fingerprint density at radius 2 is 2.04 bits per heavy atom. The van der Waals surface area contributed by atoms with E-state index in [9.17, 15) is 0 Å². The molecule has 0 bridgehead atoms. The maximum Gasteiger partial charge on any atom is 0.222 e. The number of nitrogens with one attached hydrogen (secondary N) is 1. The molecular formula is C17H21N5O. The minimum absolute atomic E-state index is 0.0144. The molecule has 0 unspecified atom stereocenters. The monoisotopic (exact) mass is 311 g/mol. The molecule has 0 aromatic carbocycles. The first-order valence-electron chi connectivity index (χ1n) is 8.10. The first kappa shape index (κ1) is 14.5. The lowest BCUT2D eigenvalue weighted by Crippen LogP contribution is -2.33. The zero-order valence-electron chi connectivity index (χ0n) is 13.1. The molecule has 2 fully saturated rings. The van der Waals surface area contributed by atoms with E-state index in [2.05, 4.69) is 37.3 Å². The van der Waals surface area contributed by atoms with E-state index in [1.807, 2.05) is 18.5 Å². The molecule has 1 N–H and O–H groups in total. The van der Waals surface area contributed by atoms with Crippen LogP contribution in [0.1, 0.15) is 18.4 Å². The molecule has 2 aromatic heterocycles. The molecule has 2 saturated heterocycles. The Bertz CT molecular complexity index is 578. The number of likely N-dealkylation sites (tertiary alicyclic amines) is 1. The van der Waals surface area contributed by atoms with Crippen LogP contribution in [-0.4, -0.2) is 51.2 Å². The molecule has 0 amide bonds. The summed E-state index contributed by atoms with van der Waals surface area (Å²) in [7, 11) is 0. The summed E-state index contributed by atoms with van der Waals surface area (Å²) in [4.78, 5) is 15.0. The number of ether oxygens (including phenoxy) is 1. The Morgan fingerprint density at radius 1 is 1.22 bits per heavy atom. The highest BCUT2D eigenvalue weighted by molar-refractivity contribution is 5.25. The third-order valence-electron chi connectivity index (χ3n) is 4.66. The Balaban J connectivity index is 1.34. The second-order valence-corrected chi connectivity index (χ2v) is 6.43. The molecule has 0 saturated carbocycles. The maximum absolute atomic E-state index is 6.18.